The van der Waals surface area contributed by atoms with Crippen LogP contribution >= 0.6 is 15.9 Å². The van der Waals surface area contributed by atoms with Crippen LogP contribution in [0.3, 0.4) is 0 Å². The number of benzene rings is 2. The van der Waals surface area contributed by atoms with Gasteiger partial charge in [0.2, 0.25) is 0 Å². The number of anilines is 2. The molecular formula is C24H25BrN4O2. The molecule has 0 spiro atoms. The van der Waals surface area contributed by atoms with Gasteiger partial charge in [-0.2, -0.15) is 0 Å². The van der Waals surface area contributed by atoms with Gasteiger partial charge in [-0.05, 0) is 80.5 Å². The molecule has 0 bridgehead atoms. The van der Waals surface area contributed by atoms with E-state index < -0.39 is 0 Å². The molecule has 1 aliphatic heterocycles. The highest BCUT2D eigenvalue weighted by Crippen LogP contribution is 2.25. The van der Waals surface area contributed by atoms with Crippen LogP contribution in [-0.2, 0) is 0 Å². The van der Waals surface area contributed by atoms with Gasteiger partial charge in [0.15, 0.2) is 0 Å². The van der Waals surface area contributed by atoms with Crippen LogP contribution in [0, 0.1) is 0 Å². The number of nitrogens with zero attached hydrogens (tertiary/aromatic N) is 2. The van der Waals surface area contributed by atoms with Crippen molar-refractivity contribution in [3.05, 3.63) is 77.0 Å². The zero-order valence-electron chi connectivity index (χ0n) is 17.2. The summed E-state index contributed by atoms with van der Waals surface area (Å²) in [7, 11) is 0. The summed E-state index contributed by atoms with van der Waals surface area (Å²) in [5, 5.41) is 6.28. The molecule has 2 heterocycles. The second kappa shape index (κ2) is 10.4. The number of aromatic nitrogens is 1. The van der Waals surface area contributed by atoms with Gasteiger partial charge in [-0.25, -0.2) is 0 Å². The Morgan fingerprint density at radius 1 is 0.968 bits per heavy atom. The first-order valence-corrected chi connectivity index (χ1v) is 11.2. The van der Waals surface area contributed by atoms with E-state index in [0.717, 1.165) is 35.5 Å². The Labute approximate surface area is 190 Å². The number of hydrogen-bond donors (Lipinski definition) is 2. The molecule has 160 valence electrons. The number of nitrogens with one attached hydrogen (secondary N) is 2. The van der Waals surface area contributed by atoms with E-state index in [0.29, 0.717) is 23.7 Å². The minimum atomic E-state index is -0.182. The van der Waals surface area contributed by atoms with Gasteiger partial charge in [-0.1, -0.05) is 15.9 Å². The van der Waals surface area contributed by atoms with Crippen molar-refractivity contribution in [2.24, 2.45) is 0 Å². The maximum atomic E-state index is 12.4. The topological polar surface area (TPSA) is 66.5 Å². The fourth-order valence-electron chi connectivity index (χ4n) is 3.47. The van der Waals surface area contributed by atoms with E-state index >= 15 is 0 Å². The first kappa shape index (κ1) is 21.3. The Hall–Kier alpha value is -2.90. The first-order chi connectivity index (χ1) is 15.2. The van der Waals surface area contributed by atoms with Crippen molar-refractivity contribution < 1.29 is 9.53 Å². The highest BCUT2D eigenvalue weighted by molar-refractivity contribution is 9.10. The number of halogens is 1. The fraction of sp³-hybridized carbons (Fsp3) is 0.250. The van der Waals surface area contributed by atoms with Gasteiger partial charge in [0.25, 0.3) is 5.91 Å². The van der Waals surface area contributed by atoms with Gasteiger partial charge in [0.05, 0.1) is 0 Å². The second-order valence-corrected chi connectivity index (χ2v) is 8.36. The quantitative estimate of drug-likeness (QED) is 0.463. The van der Waals surface area contributed by atoms with Crippen LogP contribution in [0.15, 0.2) is 71.3 Å². The van der Waals surface area contributed by atoms with Gasteiger partial charge >= 0.3 is 0 Å². The van der Waals surface area contributed by atoms with Gasteiger partial charge in [-0.15, -0.1) is 0 Å². The van der Waals surface area contributed by atoms with Crippen molar-refractivity contribution in [2.45, 2.75) is 12.8 Å². The molecule has 2 aromatic carbocycles. The third-order valence-electron chi connectivity index (χ3n) is 5.10. The molecule has 1 aromatic heterocycles. The lowest BCUT2D eigenvalue weighted by molar-refractivity contribution is 0.0944. The van der Waals surface area contributed by atoms with Crippen LogP contribution in [0.2, 0.25) is 0 Å². The van der Waals surface area contributed by atoms with E-state index in [-0.39, 0.29) is 5.91 Å². The summed E-state index contributed by atoms with van der Waals surface area (Å²) in [5.41, 5.74) is 2.32. The summed E-state index contributed by atoms with van der Waals surface area (Å²) in [4.78, 5) is 18.9. The van der Waals surface area contributed by atoms with Crippen LogP contribution in [0.25, 0.3) is 0 Å². The number of rotatable bonds is 8. The average Bonchev–Trinajstić information content (AvgIpc) is 3.30. The van der Waals surface area contributed by atoms with Crippen molar-refractivity contribution in [1.82, 2.24) is 15.2 Å². The molecule has 0 unspecified atom stereocenters. The summed E-state index contributed by atoms with van der Waals surface area (Å²) < 4.78 is 6.95. The minimum absolute atomic E-state index is 0.182. The molecule has 0 radical (unpaired) electrons. The lowest BCUT2D eigenvalue weighted by Crippen LogP contribution is -2.33. The predicted octanol–water partition coefficient (Wildman–Crippen LogP) is 5.21. The maximum Gasteiger partial charge on any atom is 0.270 e. The van der Waals surface area contributed by atoms with Crippen molar-refractivity contribution in [2.75, 3.05) is 31.5 Å². The number of carbonyl (C=O) groups is 1. The number of hydrogen-bond acceptors (Lipinski definition) is 5. The Bertz CT molecular complexity index is 1000. The smallest absolute Gasteiger partial charge is 0.270 e. The van der Waals surface area contributed by atoms with Crippen LogP contribution in [0.1, 0.15) is 23.3 Å². The number of amides is 1. The second-order valence-electron chi connectivity index (χ2n) is 7.44. The van der Waals surface area contributed by atoms with Crippen LogP contribution < -0.4 is 15.4 Å². The molecule has 0 aliphatic carbocycles. The lowest BCUT2D eigenvalue weighted by Gasteiger charge is -2.14. The van der Waals surface area contributed by atoms with E-state index in [4.69, 9.17) is 4.74 Å². The van der Waals surface area contributed by atoms with Crippen molar-refractivity contribution in [1.29, 1.82) is 0 Å². The molecule has 4 rings (SSSR count). The van der Waals surface area contributed by atoms with E-state index in [1.807, 2.05) is 48.5 Å². The van der Waals surface area contributed by atoms with E-state index in [1.54, 1.807) is 18.3 Å². The van der Waals surface area contributed by atoms with E-state index in [1.165, 1.54) is 12.8 Å². The fourth-order valence-corrected chi connectivity index (χ4v) is 3.73. The number of pyridine rings is 1. The Morgan fingerprint density at radius 2 is 1.65 bits per heavy atom. The van der Waals surface area contributed by atoms with Crippen LogP contribution in [0.5, 0.6) is 11.5 Å². The average molecular weight is 481 g/mol. The number of likely N-dealkylation sites (tertiary alicyclic amines) is 1. The highest BCUT2D eigenvalue weighted by atomic mass is 79.9. The highest BCUT2D eigenvalue weighted by Gasteiger charge is 2.13. The Balaban J connectivity index is 1.31. The van der Waals surface area contributed by atoms with Crippen LogP contribution in [-0.4, -0.2) is 42.0 Å². The van der Waals surface area contributed by atoms with Crippen molar-refractivity contribution in [3.63, 3.8) is 0 Å². The van der Waals surface area contributed by atoms with Gasteiger partial charge in [0.1, 0.15) is 17.2 Å². The normalized spacial score (nSPS) is 13.7. The first-order valence-electron chi connectivity index (χ1n) is 10.4. The zero-order valence-corrected chi connectivity index (χ0v) is 18.8. The SMILES string of the molecule is O=C(NCCN1CCCC1)c1cc(Oc2ccc(Nc3ccc(Br)cc3)cc2)ccn1. The van der Waals surface area contributed by atoms with Crippen LogP contribution in [0.4, 0.5) is 11.4 Å². The van der Waals surface area contributed by atoms with E-state index in [9.17, 15) is 4.79 Å². The third kappa shape index (κ3) is 6.29. The third-order valence-corrected chi connectivity index (χ3v) is 5.63. The van der Waals surface area contributed by atoms with Crippen molar-refractivity contribution in [3.8, 4) is 11.5 Å². The summed E-state index contributed by atoms with van der Waals surface area (Å²) in [6.07, 6.45) is 4.08. The molecule has 31 heavy (non-hydrogen) atoms. The zero-order chi connectivity index (χ0) is 21.5. The lowest BCUT2D eigenvalue weighted by atomic mass is 10.2. The molecule has 0 atom stereocenters. The number of carbonyl (C=O) groups excluding carboxylic acids is 1. The molecular weight excluding hydrogens is 456 g/mol. The summed E-state index contributed by atoms with van der Waals surface area (Å²) in [5.74, 6) is 1.08. The largest absolute Gasteiger partial charge is 0.457 e. The maximum absolute atomic E-state index is 12.4. The summed E-state index contributed by atoms with van der Waals surface area (Å²) in [6, 6.07) is 19.1. The molecule has 1 aliphatic rings. The predicted molar refractivity (Wildman–Crippen MR) is 126 cm³/mol. The summed E-state index contributed by atoms with van der Waals surface area (Å²) >= 11 is 3.44. The molecule has 1 saturated heterocycles. The number of ether oxygens (including phenoxy) is 1. The molecule has 7 heteroatoms. The molecule has 2 N–H and O–H groups in total. The van der Waals surface area contributed by atoms with Gasteiger partial charge in [0, 0.05) is 41.2 Å². The van der Waals surface area contributed by atoms with Crippen molar-refractivity contribution >= 4 is 33.2 Å². The molecule has 0 saturated carbocycles. The minimum Gasteiger partial charge on any atom is -0.457 e. The molecule has 1 fully saturated rings. The molecule has 6 nitrogen and oxygen atoms in total. The Morgan fingerprint density at radius 3 is 2.35 bits per heavy atom. The monoisotopic (exact) mass is 480 g/mol. The molecule has 1 amide bonds. The van der Waals surface area contributed by atoms with Gasteiger partial charge in [-0.3, -0.25) is 9.78 Å². The standard InChI is InChI=1S/C24H25BrN4O2/c25-18-3-5-19(6-4-18)28-20-7-9-21(10-8-20)31-22-11-12-26-23(17-22)24(30)27-13-16-29-14-1-2-15-29/h3-12,17,28H,1-2,13-16H2,(H,27,30). The Kier molecular flexibility index (Phi) is 7.17. The molecule has 3 aromatic rings. The van der Waals surface area contributed by atoms with E-state index in [2.05, 4.69) is 36.4 Å². The van der Waals surface area contributed by atoms with Gasteiger partial charge < -0.3 is 20.3 Å². The summed E-state index contributed by atoms with van der Waals surface area (Å²) in [6.45, 7) is 3.74.